The molecular formula is C16H17F3NO7P2+. The molecule has 8 nitrogen and oxygen atoms in total. The molecule has 0 saturated carbocycles. The van der Waals surface area contributed by atoms with Crippen molar-refractivity contribution in [3.05, 3.63) is 59.4 Å². The second kappa shape index (κ2) is 7.28. The Morgan fingerprint density at radius 2 is 2.03 bits per heavy atom. The maximum atomic E-state index is 12.8. The van der Waals surface area contributed by atoms with Crippen LogP contribution in [0.4, 0.5) is 13.2 Å². The van der Waals surface area contributed by atoms with Crippen molar-refractivity contribution in [2.75, 3.05) is 6.66 Å². The summed E-state index contributed by atoms with van der Waals surface area (Å²) >= 11 is 0. The summed E-state index contributed by atoms with van der Waals surface area (Å²) in [6.07, 6.45) is -4.37. The Hall–Kier alpha value is -1.58. The van der Waals surface area contributed by atoms with Crippen LogP contribution in [-0.2, 0) is 26.2 Å². The van der Waals surface area contributed by atoms with E-state index in [1.165, 1.54) is 24.5 Å². The fourth-order valence-corrected chi connectivity index (χ4v) is 7.16. The Kier molecular flexibility index (Phi) is 5.55. The van der Waals surface area contributed by atoms with Gasteiger partial charge in [-0.15, -0.1) is 0 Å². The van der Waals surface area contributed by atoms with Crippen LogP contribution in [0.5, 0.6) is 5.75 Å². The van der Waals surface area contributed by atoms with Crippen molar-refractivity contribution in [2.24, 2.45) is 0 Å². The third-order valence-corrected chi connectivity index (χ3v) is 9.93. The van der Waals surface area contributed by atoms with Crippen molar-refractivity contribution >= 4 is 15.3 Å². The van der Waals surface area contributed by atoms with Gasteiger partial charge in [0.1, 0.15) is 12.4 Å². The number of halogens is 3. The second-order valence-corrected chi connectivity index (χ2v) is 11.6. The van der Waals surface area contributed by atoms with E-state index in [1.54, 1.807) is 0 Å². The molecule has 0 bridgehead atoms. The van der Waals surface area contributed by atoms with E-state index in [-0.39, 0.29) is 0 Å². The van der Waals surface area contributed by atoms with Gasteiger partial charge in [0, 0.05) is 12.4 Å². The summed E-state index contributed by atoms with van der Waals surface area (Å²) in [7, 11) is -9.09. The summed E-state index contributed by atoms with van der Waals surface area (Å²) in [5.41, 5.74) is -1.25. The average molecular weight is 454 g/mol. The van der Waals surface area contributed by atoms with Crippen LogP contribution in [0.25, 0.3) is 0 Å². The van der Waals surface area contributed by atoms with Crippen molar-refractivity contribution in [2.45, 2.75) is 24.0 Å². The fourth-order valence-electron chi connectivity index (χ4n) is 2.79. The number of alkyl halides is 3. The Morgan fingerprint density at radius 3 is 2.55 bits per heavy atom. The molecule has 4 unspecified atom stereocenters. The second-order valence-electron chi connectivity index (χ2n) is 6.53. The van der Waals surface area contributed by atoms with Gasteiger partial charge in [-0.3, -0.25) is 14.1 Å². The lowest BCUT2D eigenvalue weighted by Crippen LogP contribution is -2.40. The van der Waals surface area contributed by atoms with Gasteiger partial charge in [0.2, 0.25) is 6.29 Å². The Morgan fingerprint density at radius 1 is 1.34 bits per heavy atom. The molecule has 1 aromatic carbocycles. The molecule has 0 spiro atoms. The molecule has 1 aromatic heterocycles. The number of benzene rings is 1. The van der Waals surface area contributed by atoms with Gasteiger partial charge in [-0.2, -0.15) is 17.7 Å². The molecule has 3 rings (SSSR count). The normalized spacial score (nSPS) is 32.9. The molecule has 0 aliphatic carbocycles. The van der Waals surface area contributed by atoms with Gasteiger partial charge in [0.05, 0.1) is 17.5 Å². The van der Waals surface area contributed by atoms with Crippen LogP contribution in [0.3, 0.4) is 0 Å². The number of hydrogen-bond acceptors (Lipinski definition) is 7. The van der Waals surface area contributed by atoms with Crippen molar-refractivity contribution in [1.29, 1.82) is 0 Å². The van der Waals surface area contributed by atoms with E-state index in [0.29, 0.717) is 17.7 Å². The van der Waals surface area contributed by atoms with Crippen LogP contribution in [0.15, 0.2) is 42.7 Å². The Bertz CT molecular complexity index is 957. The van der Waals surface area contributed by atoms with Crippen LogP contribution in [-0.4, -0.2) is 36.7 Å². The third-order valence-electron chi connectivity index (χ3n) is 4.43. The molecular weight excluding hydrogens is 437 g/mol. The number of nitrogens with zero attached hydrogens (tertiary/aromatic N) is 1. The Labute approximate surface area is 163 Å². The van der Waals surface area contributed by atoms with Crippen LogP contribution < -0.4 is 0 Å². The zero-order valence-electron chi connectivity index (χ0n) is 14.8. The lowest BCUT2D eigenvalue weighted by molar-refractivity contribution is -0.137. The highest BCUT2D eigenvalue weighted by Gasteiger charge is 2.74. The number of hydrogen-bond donors (Lipinski definition) is 4. The Balaban J connectivity index is 1.96. The minimum absolute atomic E-state index is 0.313. The number of phenols is 1. The van der Waals surface area contributed by atoms with Crippen molar-refractivity contribution in [3.63, 3.8) is 0 Å². The minimum atomic E-state index is -5.01. The largest absolute Gasteiger partial charge is 0.507 e. The van der Waals surface area contributed by atoms with Crippen LogP contribution in [0.2, 0.25) is 0 Å². The minimum Gasteiger partial charge on any atom is -0.507 e. The zero-order valence-corrected chi connectivity index (χ0v) is 16.6. The fraction of sp³-hybridized carbons (Fsp3) is 0.312. The molecule has 4 atom stereocenters. The monoisotopic (exact) mass is 454 g/mol. The third kappa shape index (κ3) is 4.04. The smallest absolute Gasteiger partial charge is 0.416 e. The summed E-state index contributed by atoms with van der Waals surface area (Å²) in [5, 5.41) is 18.1. The molecule has 1 aliphatic heterocycles. The van der Waals surface area contributed by atoms with Gasteiger partial charge in [0.15, 0.2) is 0 Å². The maximum absolute atomic E-state index is 12.8. The van der Waals surface area contributed by atoms with Gasteiger partial charge < -0.3 is 15.1 Å². The molecule has 0 amide bonds. The standard InChI is InChI=1S/C16H16F3NO7P2/c1-28(23)15(22,8-10-3-2-6-20-9-10)29(24,25)27-14(26-28)12-5-4-11(7-13(12)21)16(17,18)19/h2-7,9,14,22-23H,8H2,1H3,(H-,21,24,25)/p+1. The molecule has 2 aromatic rings. The van der Waals surface area contributed by atoms with E-state index in [4.69, 9.17) is 9.05 Å². The maximum Gasteiger partial charge on any atom is 0.416 e. The molecule has 1 aliphatic rings. The molecule has 13 heteroatoms. The van der Waals surface area contributed by atoms with E-state index >= 15 is 0 Å². The predicted octanol–water partition coefficient (Wildman–Crippen LogP) is 3.40. The summed E-state index contributed by atoms with van der Waals surface area (Å²) in [4.78, 5) is 24.9. The summed E-state index contributed by atoms with van der Waals surface area (Å²) < 4.78 is 61.3. The first-order valence-electron chi connectivity index (χ1n) is 8.07. The lowest BCUT2D eigenvalue weighted by atomic mass is 10.1. The van der Waals surface area contributed by atoms with Gasteiger partial charge in [-0.25, -0.2) is 4.89 Å². The zero-order chi connectivity index (χ0) is 21.7. The van der Waals surface area contributed by atoms with Gasteiger partial charge in [-0.1, -0.05) is 6.07 Å². The predicted molar refractivity (Wildman–Crippen MR) is 95.8 cm³/mol. The molecule has 1 saturated heterocycles. The highest BCUT2D eigenvalue weighted by molar-refractivity contribution is 7.79. The van der Waals surface area contributed by atoms with E-state index in [9.17, 15) is 37.7 Å². The number of aliphatic hydroxyl groups is 1. The number of rotatable bonds is 3. The van der Waals surface area contributed by atoms with Gasteiger partial charge >= 0.3 is 26.6 Å². The van der Waals surface area contributed by atoms with Gasteiger partial charge in [0.25, 0.3) is 0 Å². The molecule has 2 heterocycles. The average Bonchev–Trinajstić information content (AvgIpc) is 2.59. The molecule has 29 heavy (non-hydrogen) atoms. The van der Waals surface area contributed by atoms with Crippen molar-refractivity contribution in [1.82, 2.24) is 4.98 Å². The van der Waals surface area contributed by atoms with Crippen LogP contribution >= 0.6 is 15.3 Å². The first kappa shape index (κ1) is 22.1. The number of aromatic nitrogens is 1. The van der Waals surface area contributed by atoms with Crippen LogP contribution in [0.1, 0.15) is 23.0 Å². The van der Waals surface area contributed by atoms with E-state index in [1.807, 2.05) is 0 Å². The molecule has 158 valence electrons. The summed E-state index contributed by atoms with van der Waals surface area (Å²) in [5.74, 6) is -0.914. The highest BCUT2D eigenvalue weighted by Crippen LogP contribution is 2.83. The van der Waals surface area contributed by atoms with E-state index in [2.05, 4.69) is 4.98 Å². The molecule has 0 radical (unpaired) electrons. The summed E-state index contributed by atoms with van der Waals surface area (Å²) in [6.45, 7) is 1.02. The lowest BCUT2D eigenvalue weighted by Gasteiger charge is -2.41. The topological polar surface area (TPSA) is 129 Å². The van der Waals surface area contributed by atoms with Gasteiger partial charge in [-0.05, 0) is 29.8 Å². The van der Waals surface area contributed by atoms with Crippen molar-refractivity contribution in [3.8, 4) is 5.75 Å². The summed E-state index contributed by atoms with van der Waals surface area (Å²) in [6, 6.07) is 4.83. The molecule has 1 fully saturated rings. The SMILES string of the molecule is C[P+]1(O)OC(c2ccc(C(F)(F)F)cc2O)OP(=O)(O)C1(O)Cc1cccnc1. The van der Waals surface area contributed by atoms with E-state index < -0.39 is 56.2 Å². The first-order chi connectivity index (χ1) is 13.3. The van der Waals surface area contributed by atoms with Crippen molar-refractivity contribution < 1.29 is 46.8 Å². The highest BCUT2D eigenvalue weighted by atomic mass is 31.3. The quantitative estimate of drug-likeness (QED) is 0.520. The first-order valence-corrected chi connectivity index (χ1v) is 11.8. The number of phenolic OH excluding ortho intramolecular Hbond substituents is 1. The number of pyridine rings is 1. The van der Waals surface area contributed by atoms with Crippen LogP contribution in [0, 0.1) is 0 Å². The number of aromatic hydroxyl groups is 1. The van der Waals surface area contributed by atoms with E-state index in [0.717, 1.165) is 12.7 Å². The molecule has 4 N–H and O–H groups in total.